The quantitative estimate of drug-likeness (QED) is 0.681. The minimum atomic E-state index is -0.481. The Bertz CT molecular complexity index is 749. The molecule has 0 saturated carbocycles. The van der Waals surface area contributed by atoms with E-state index in [4.69, 9.17) is 11.6 Å². The van der Waals surface area contributed by atoms with Crippen LogP contribution in [0.1, 0.15) is 21.3 Å². The molecule has 1 aromatic carbocycles. The molecule has 0 aliphatic carbocycles. The van der Waals surface area contributed by atoms with Crippen LogP contribution in [0.5, 0.6) is 0 Å². The summed E-state index contributed by atoms with van der Waals surface area (Å²) in [5.74, 6) is -0.200. The van der Waals surface area contributed by atoms with Crippen molar-refractivity contribution in [2.45, 2.75) is 6.04 Å². The zero-order valence-corrected chi connectivity index (χ0v) is 13.6. The SMILES string of the molecule is O=C(c1ccc([N+](=O)[O-])s1)N1CCNCC1c1ccccc1Cl. The number of amides is 1. The van der Waals surface area contributed by atoms with E-state index in [1.54, 1.807) is 11.0 Å². The van der Waals surface area contributed by atoms with E-state index in [9.17, 15) is 14.9 Å². The summed E-state index contributed by atoms with van der Waals surface area (Å²) in [5, 5.41) is 14.6. The van der Waals surface area contributed by atoms with E-state index in [1.807, 2.05) is 18.2 Å². The van der Waals surface area contributed by atoms with E-state index in [1.165, 1.54) is 12.1 Å². The van der Waals surface area contributed by atoms with Crippen LogP contribution in [0, 0.1) is 10.1 Å². The molecule has 1 unspecified atom stereocenters. The second kappa shape index (κ2) is 6.66. The summed E-state index contributed by atoms with van der Waals surface area (Å²) in [6.45, 7) is 1.81. The molecule has 1 amide bonds. The van der Waals surface area contributed by atoms with Crippen LogP contribution in [0.4, 0.5) is 5.00 Å². The average molecular weight is 352 g/mol. The largest absolute Gasteiger partial charge is 0.328 e. The van der Waals surface area contributed by atoms with Crippen LogP contribution in [0.3, 0.4) is 0 Å². The number of halogens is 1. The number of hydrogen-bond acceptors (Lipinski definition) is 5. The summed E-state index contributed by atoms with van der Waals surface area (Å²) >= 11 is 7.17. The van der Waals surface area contributed by atoms with E-state index < -0.39 is 4.92 Å². The Labute approximate surface area is 141 Å². The molecular weight excluding hydrogens is 338 g/mol. The van der Waals surface area contributed by atoms with Gasteiger partial charge in [0.15, 0.2) is 0 Å². The zero-order chi connectivity index (χ0) is 16.4. The number of rotatable bonds is 3. The standard InChI is InChI=1S/C15H14ClN3O3S/c16-11-4-2-1-3-10(11)12-9-17-7-8-18(12)15(20)13-5-6-14(23-13)19(21)22/h1-6,12,17H,7-9H2. The second-order valence-electron chi connectivity index (χ2n) is 5.13. The molecule has 6 nitrogen and oxygen atoms in total. The lowest BCUT2D eigenvalue weighted by molar-refractivity contribution is -0.380. The number of nitrogens with zero attached hydrogens (tertiary/aromatic N) is 2. The molecule has 3 rings (SSSR count). The van der Waals surface area contributed by atoms with Crippen LogP contribution in [0.15, 0.2) is 36.4 Å². The summed E-state index contributed by atoms with van der Waals surface area (Å²) < 4.78 is 0. The highest BCUT2D eigenvalue weighted by Gasteiger charge is 2.31. The van der Waals surface area contributed by atoms with Gasteiger partial charge in [-0.2, -0.15) is 0 Å². The summed E-state index contributed by atoms with van der Waals surface area (Å²) in [6.07, 6.45) is 0. The molecule has 1 aliphatic rings. The van der Waals surface area contributed by atoms with Crippen molar-refractivity contribution < 1.29 is 9.72 Å². The van der Waals surface area contributed by atoms with Gasteiger partial charge < -0.3 is 10.2 Å². The smallest absolute Gasteiger partial charge is 0.324 e. The summed E-state index contributed by atoms with van der Waals surface area (Å²) in [7, 11) is 0. The average Bonchev–Trinajstić information content (AvgIpc) is 3.05. The Morgan fingerprint density at radius 1 is 1.35 bits per heavy atom. The predicted octanol–water partition coefficient (Wildman–Crippen LogP) is 3.10. The van der Waals surface area contributed by atoms with Crippen molar-refractivity contribution in [1.82, 2.24) is 10.2 Å². The molecule has 2 aromatic rings. The van der Waals surface area contributed by atoms with Gasteiger partial charge in [-0.3, -0.25) is 14.9 Å². The Morgan fingerprint density at radius 3 is 2.83 bits per heavy atom. The Hall–Kier alpha value is -1.96. The van der Waals surface area contributed by atoms with Crippen molar-refractivity contribution in [2.24, 2.45) is 0 Å². The van der Waals surface area contributed by atoms with Gasteiger partial charge in [-0.1, -0.05) is 41.1 Å². The lowest BCUT2D eigenvalue weighted by Crippen LogP contribution is -2.48. The number of nitro groups is 1. The van der Waals surface area contributed by atoms with Crippen molar-refractivity contribution in [1.29, 1.82) is 0 Å². The molecule has 1 fully saturated rings. The lowest BCUT2D eigenvalue weighted by atomic mass is 10.0. The Kier molecular flexibility index (Phi) is 4.61. The molecule has 1 saturated heterocycles. The van der Waals surface area contributed by atoms with Crippen LogP contribution in [-0.2, 0) is 0 Å². The van der Waals surface area contributed by atoms with Crippen molar-refractivity contribution in [3.05, 3.63) is 62.0 Å². The first-order valence-electron chi connectivity index (χ1n) is 7.08. The molecule has 23 heavy (non-hydrogen) atoms. The third-order valence-electron chi connectivity index (χ3n) is 3.75. The van der Waals surface area contributed by atoms with E-state index in [0.29, 0.717) is 29.5 Å². The first kappa shape index (κ1) is 15.9. The van der Waals surface area contributed by atoms with Gasteiger partial charge in [-0.25, -0.2) is 0 Å². The predicted molar refractivity (Wildman–Crippen MR) is 89.1 cm³/mol. The number of piperazine rings is 1. The molecular formula is C15H14ClN3O3S. The lowest BCUT2D eigenvalue weighted by Gasteiger charge is -2.36. The number of nitrogens with one attached hydrogen (secondary N) is 1. The maximum absolute atomic E-state index is 12.8. The van der Waals surface area contributed by atoms with E-state index >= 15 is 0 Å². The van der Waals surface area contributed by atoms with Crippen molar-refractivity contribution in [3.63, 3.8) is 0 Å². The molecule has 1 aliphatic heterocycles. The molecule has 1 atom stereocenters. The number of hydrogen-bond donors (Lipinski definition) is 1. The van der Waals surface area contributed by atoms with Gasteiger partial charge in [0.2, 0.25) is 0 Å². The van der Waals surface area contributed by atoms with Crippen LogP contribution in [0.25, 0.3) is 0 Å². The zero-order valence-electron chi connectivity index (χ0n) is 12.1. The summed E-state index contributed by atoms with van der Waals surface area (Å²) in [6, 6.07) is 10.1. The number of benzene rings is 1. The van der Waals surface area contributed by atoms with Crippen LogP contribution in [0.2, 0.25) is 5.02 Å². The maximum Gasteiger partial charge on any atom is 0.324 e. The molecule has 2 heterocycles. The highest BCUT2D eigenvalue weighted by atomic mass is 35.5. The van der Waals surface area contributed by atoms with Crippen molar-refractivity contribution in [2.75, 3.05) is 19.6 Å². The second-order valence-corrected chi connectivity index (χ2v) is 6.60. The molecule has 1 aromatic heterocycles. The van der Waals surface area contributed by atoms with Gasteiger partial charge in [-0.15, -0.1) is 0 Å². The molecule has 0 spiro atoms. The minimum absolute atomic E-state index is 0.0298. The van der Waals surface area contributed by atoms with Gasteiger partial charge >= 0.3 is 5.00 Å². The van der Waals surface area contributed by atoms with E-state index in [0.717, 1.165) is 16.9 Å². The van der Waals surface area contributed by atoms with Gasteiger partial charge in [0.1, 0.15) is 0 Å². The molecule has 0 bridgehead atoms. The number of carbonyl (C=O) groups excluding carboxylic acids is 1. The number of carbonyl (C=O) groups is 1. The Balaban J connectivity index is 1.90. The van der Waals surface area contributed by atoms with Crippen molar-refractivity contribution >= 4 is 33.8 Å². The fourth-order valence-corrected chi connectivity index (χ4v) is 3.69. The van der Waals surface area contributed by atoms with Crippen LogP contribution in [-0.4, -0.2) is 35.4 Å². The highest BCUT2D eigenvalue weighted by Crippen LogP contribution is 2.32. The molecule has 0 radical (unpaired) electrons. The first-order valence-corrected chi connectivity index (χ1v) is 8.27. The minimum Gasteiger partial charge on any atom is -0.328 e. The van der Waals surface area contributed by atoms with Gasteiger partial charge in [0, 0.05) is 30.7 Å². The van der Waals surface area contributed by atoms with Gasteiger partial charge in [0.05, 0.1) is 15.8 Å². The van der Waals surface area contributed by atoms with E-state index in [-0.39, 0.29) is 17.0 Å². The molecule has 1 N–H and O–H groups in total. The van der Waals surface area contributed by atoms with Gasteiger partial charge in [0.25, 0.3) is 5.91 Å². The normalized spacial score (nSPS) is 18.0. The topological polar surface area (TPSA) is 75.5 Å². The third-order valence-corrected chi connectivity index (χ3v) is 5.12. The maximum atomic E-state index is 12.8. The Morgan fingerprint density at radius 2 is 2.13 bits per heavy atom. The van der Waals surface area contributed by atoms with Gasteiger partial charge in [-0.05, 0) is 17.7 Å². The third kappa shape index (κ3) is 3.21. The fourth-order valence-electron chi connectivity index (χ4n) is 2.65. The molecule has 120 valence electrons. The summed E-state index contributed by atoms with van der Waals surface area (Å²) in [4.78, 5) is 25.2. The summed E-state index contributed by atoms with van der Waals surface area (Å²) in [5.41, 5.74) is 0.876. The van der Waals surface area contributed by atoms with E-state index in [2.05, 4.69) is 5.32 Å². The highest BCUT2D eigenvalue weighted by molar-refractivity contribution is 7.17. The first-order chi connectivity index (χ1) is 11.1. The van der Waals surface area contributed by atoms with Crippen molar-refractivity contribution in [3.8, 4) is 0 Å². The van der Waals surface area contributed by atoms with Crippen LogP contribution < -0.4 is 5.32 Å². The molecule has 8 heteroatoms. The fraction of sp³-hybridized carbons (Fsp3) is 0.267. The van der Waals surface area contributed by atoms with Crippen LogP contribution >= 0.6 is 22.9 Å². The monoisotopic (exact) mass is 351 g/mol. The number of thiophene rings is 1.